The number of hydrogen-bond acceptors (Lipinski definition) is 9. The van der Waals surface area contributed by atoms with Gasteiger partial charge in [-0.05, 0) is 23.6 Å². The number of rotatable bonds is 10. The maximum absolute atomic E-state index is 13.1. The van der Waals surface area contributed by atoms with E-state index in [-0.39, 0.29) is 28.6 Å². The van der Waals surface area contributed by atoms with Crippen LogP contribution in [0.4, 0.5) is 10.2 Å². The molecular formula is C18H24FN5O5S2. The Kier molecular flexibility index (Phi) is 7.67. The summed E-state index contributed by atoms with van der Waals surface area (Å²) in [5.74, 6) is 0.211. The van der Waals surface area contributed by atoms with E-state index < -0.39 is 29.1 Å². The molecule has 0 amide bonds. The van der Waals surface area contributed by atoms with Gasteiger partial charge in [0.15, 0.2) is 11.4 Å². The molecule has 170 valence electrons. The maximum Gasteiger partial charge on any atom is 0.302 e. The molecule has 2 aromatic rings. The average molecular weight is 474 g/mol. The average Bonchev–Trinajstić information content (AvgIpc) is 2.69. The highest BCUT2D eigenvalue weighted by molar-refractivity contribution is 7.98. The summed E-state index contributed by atoms with van der Waals surface area (Å²) in [6.45, 7) is 2.14. The van der Waals surface area contributed by atoms with Crippen molar-refractivity contribution in [3.05, 3.63) is 41.7 Å². The zero-order valence-electron chi connectivity index (χ0n) is 16.7. The molecule has 2 heterocycles. The van der Waals surface area contributed by atoms with Crippen molar-refractivity contribution < 1.29 is 27.8 Å². The van der Waals surface area contributed by atoms with Crippen LogP contribution in [0.1, 0.15) is 12.5 Å². The van der Waals surface area contributed by atoms with Crippen LogP contribution in [0.15, 0.2) is 35.5 Å². The van der Waals surface area contributed by atoms with Crippen molar-refractivity contribution in [1.29, 1.82) is 0 Å². The van der Waals surface area contributed by atoms with Gasteiger partial charge in [-0.2, -0.15) is 17.7 Å². The topological polar surface area (TPSA) is 151 Å². The number of benzene rings is 1. The number of aliphatic hydroxyl groups excluding tert-OH is 2. The van der Waals surface area contributed by atoms with Gasteiger partial charge >= 0.3 is 10.2 Å². The first-order valence-corrected chi connectivity index (χ1v) is 11.8. The number of halogens is 1. The van der Waals surface area contributed by atoms with Crippen molar-refractivity contribution in [3.8, 4) is 5.88 Å². The van der Waals surface area contributed by atoms with Gasteiger partial charge in [-0.1, -0.05) is 30.8 Å². The number of nitrogens with one attached hydrogen (secondary N) is 1. The molecule has 1 aliphatic rings. The molecule has 1 aromatic heterocycles. The number of aliphatic hydroxyl groups is 2. The molecular weight excluding hydrogens is 449 g/mol. The summed E-state index contributed by atoms with van der Waals surface area (Å²) in [5.41, 5.74) is 6.49. The number of nitrogens with zero attached hydrogens (tertiary/aromatic N) is 3. The van der Waals surface area contributed by atoms with Crippen LogP contribution in [-0.2, 0) is 16.0 Å². The van der Waals surface area contributed by atoms with Crippen molar-refractivity contribution in [2.24, 2.45) is 11.7 Å². The molecule has 5 N–H and O–H groups in total. The van der Waals surface area contributed by atoms with Crippen LogP contribution >= 0.6 is 11.8 Å². The fourth-order valence-electron chi connectivity index (χ4n) is 2.67. The minimum Gasteiger partial charge on any atom is -0.456 e. The zero-order valence-corrected chi connectivity index (χ0v) is 18.3. The molecule has 2 unspecified atom stereocenters. The molecule has 3 rings (SSSR count). The Labute approximate surface area is 183 Å². The van der Waals surface area contributed by atoms with Crippen molar-refractivity contribution in [2.75, 3.05) is 24.4 Å². The second kappa shape index (κ2) is 10.1. The molecule has 0 spiro atoms. The molecule has 0 aliphatic carbocycles. The molecule has 0 bridgehead atoms. The lowest BCUT2D eigenvalue weighted by atomic mass is 10.1. The van der Waals surface area contributed by atoms with E-state index in [0.717, 1.165) is 5.56 Å². The fourth-order valence-corrected chi connectivity index (χ4v) is 4.87. The van der Waals surface area contributed by atoms with Crippen LogP contribution in [0, 0.1) is 11.7 Å². The number of aromatic nitrogens is 2. The molecule has 1 aliphatic heterocycles. The van der Waals surface area contributed by atoms with Gasteiger partial charge in [0.05, 0.1) is 6.61 Å². The first-order chi connectivity index (χ1) is 14.7. The summed E-state index contributed by atoms with van der Waals surface area (Å²) in [5, 5.41) is 18.8. The van der Waals surface area contributed by atoms with E-state index in [1.807, 2.05) is 6.92 Å². The molecule has 10 nitrogen and oxygen atoms in total. The van der Waals surface area contributed by atoms with Gasteiger partial charge in [-0.3, -0.25) is 10.5 Å². The first kappa shape index (κ1) is 23.6. The van der Waals surface area contributed by atoms with E-state index in [4.69, 9.17) is 15.6 Å². The van der Waals surface area contributed by atoms with Crippen molar-refractivity contribution in [3.63, 3.8) is 0 Å². The van der Waals surface area contributed by atoms with Crippen LogP contribution in [0.5, 0.6) is 5.88 Å². The van der Waals surface area contributed by atoms with Gasteiger partial charge in [0.1, 0.15) is 17.7 Å². The smallest absolute Gasteiger partial charge is 0.302 e. The zero-order chi connectivity index (χ0) is 22.6. The normalized spacial score (nSPS) is 17.1. The Hall–Kier alpha value is -2.03. The fraction of sp³-hybridized carbons (Fsp3) is 0.444. The molecule has 2 atom stereocenters. The summed E-state index contributed by atoms with van der Waals surface area (Å²) >= 11 is 1.18. The van der Waals surface area contributed by atoms with Gasteiger partial charge in [0.2, 0.25) is 5.88 Å². The molecule has 0 radical (unpaired) electrons. The number of thioether (sulfide) groups is 1. The van der Waals surface area contributed by atoms with E-state index in [1.165, 1.54) is 34.3 Å². The largest absolute Gasteiger partial charge is 0.456 e. The van der Waals surface area contributed by atoms with Gasteiger partial charge in [0, 0.05) is 24.9 Å². The van der Waals surface area contributed by atoms with Crippen molar-refractivity contribution in [1.82, 2.24) is 14.3 Å². The third kappa shape index (κ3) is 6.48. The SMILES string of the molecule is CC1CN(S(=O)(=O)Nc2cc(OC(N)C(O)CO)nc(SCc3ccc(F)cc3)n2)C1. The standard InChI is InChI=1S/C18H24FN5O5S2/c1-11-7-24(8-11)31(27,28)23-15-6-16(29-17(20)14(26)9-25)22-18(21-15)30-10-12-2-4-13(19)5-3-12/h2-6,11,14,17,25-26H,7-10,20H2,1H3,(H,21,22,23). The van der Waals surface area contributed by atoms with Crippen LogP contribution in [0.2, 0.25) is 0 Å². The third-order valence-electron chi connectivity index (χ3n) is 4.39. The van der Waals surface area contributed by atoms with Crippen molar-refractivity contribution >= 4 is 27.8 Å². The lowest BCUT2D eigenvalue weighted by Crippen LogP contribution is -2.50. The number of anilines is 1. The van der Waals surface area contributed by atoms with Crippen LogP contribution < -0.4 is 15.2 Å². The lowest BCUT2D eigenvalue weighted by Gasteiger charge is -2.35. The minimum atomic E-state index is -3.80. The molecule has 1 saturated heterocycles. The minimum absolute atomic E-state index is 0.0307. The van der Waals surface area contributed by atoms with Crippen molar-refractivity contribution in [2.45, 2.75) is 30.2 Å². The Morgan fingerprint density at radius 2 is 2.03 bits per heavy atom. The molecule has 31 heavy (non-hydrogen) atoms. The summed E-state index contributed by atoms with van der Waals surface area (Å²) in [4.78, 5) is 8.39. The van der Waals surface area contributed by atoms with E-state index in [1.54, 1.807) is 12.1 Å². The number of ether oxygens (including phenoxy) is 1. The number of hydrogen-bond donors (Lipinski definition) is 4. The molecule has 1 aromatic carbocycles. The monoisotopic (exact) mass is 473 g/mol. The Morgan fingerprint density at radius 3 is 2.65 bits per heavy atom. The van der Waals surface area contributed by atoms with Gasteiger partial charge < -0.3 is 14.9 Å². The summed E-state index contributed by atoms with van der Waals surface area (Å²) in [7, 11) is -3.80. The number of nitrogens with two attached hydrogens (primary N) is 1. The van der Waals surface area contributed by atoms with Crippen LogP contribution in [0.3, 0.4) is 0 Å². The maximum atomic E-state index is 13.1. The molecule has 0 saturated carbocycles. The Bertz CT molecular complexity index is 989. The summed E-state index contributed by atoms with van der Waals surface area (Å²) < 4.78 is 47.1. The van der Waals surface area contributed by atoms with E-state index in [2.05, 4.69) is 14.7 Å². The Morgan fingerprint density at radius 1 is 1.35 bits per heavy atom. The van der Waals surface area contributed by atoms with Gasteiger partial charge in [-0.25, -0.2) is 9.37 Å². The van der Waals surface area contributed by atoms with Crippen LogP contribution in [-0.4, -0.2) is 64.9 Å². The lowest BCUT2D eigenvalue weighted by molar-refractivity contribution is 0.000278. The highest BCUT2D eigenvalue weighted by Crippen LogP contribution is 2.26. The second-order valence-corrected chi connectivity index (χ2v) is 9.76. The summed E-state index contributed by atoms with van der Waals surface area (Å²) in [6, 6.07) is 7.14. The van der Waals surface area contributed by atoms with E-state index >= 15 is 0 Å². The van der Waals surface area contributed by atoms with E-state index in [0.29, 0.717) is 18.8 Å². The quantitative estimate of drug-likeness (QED) is 0.220. The predicted molar refractivity (Wildman–Crippen MR) is 113 cm³/mol. The second-order valence-electron chi connectivity index (χ2n) is 7.15. The molecule has 1 fully saturated rings. The van der Waals surface area contributed by atoms with E-state index in [9.17, 15) is 17.9 Å². The third-order valence-corrected chi connectivity index (χ3v) is 6.75. The first-order valence-electron chi connectivity index (χ1n) is 9.41. The Balaban J connectivity index is 1.79. The molecule has 13 heteroatoms. The highest BCUT2D eigenvalue weighted by Gasteiger charge is 2.33. The predicted octanol–water partition coefficient (Wildman–Crippen LogP) is 0.533. The van der Waals surface area contributed by atoms with Gasteiger partial charge in [0.25, 0.3) is 0 Å². The highest BCUT2D eigenvalue weighted by atomic mass is 32.2. The van der Waals surface area contributed by atoms with Gasteiger partial charge in [-0.15, -0.1) is 0 Å². The summed E-state index contributed by atoms with van der Waals surface area (Å²) in [6.07, 6.45) is -2.64. The van der Waals surface area contributed by atoms with Crippen LogP contribution in [0.25, 0.3) is 0 Å².